The molecule has 5 atom stereocenters. The number of urea groups is 1. The molecule has 2 aromatic carbocycles. The largest absolute Gasteiger partial charge is 0.478 e. The molecule has 4 unspecified atom stereocenters. The summed E-state index contributed by atoms with van der Waals surface area (Å²) in [5.74, 6) is -1.78. The Hall–Kier alpha value is -4.89. The van der Waals surface area contributed by atoms with Crippen LogP contribution in [-0.4, -0.2) is 73.7 Å². The maximum Gasteiger partial charge on any atom is 0.337 e. The number of ether oxygens (including phenoxy) is 3. The van der Waals surface area contributed by atoms with Crippen LogP contribution in [0.25, 0.3) is 17.2 Å². The predicted molar refractivity (Wildman–Crippen MR) is 158 cm³/mol. The molecule has 2 aromatic heterocycles. The van der Waals surface area contributed by atoms with Crippen molar-refractivity contribution in [3.05, 3.63) is 83.4 Å². The summed E-state index contributed by atoms with van der Waals surface area (Å²) in [6.45, 7) is 2.20. The lowest BCUT2D eigenvalue weighted by Crippen LogP contribution is -2.38. The maximum absolute atomic E-state index is 13.6. The Morgan fingerprint density at radius 2 is 1.80 bits per heavy atom. The number of carbonyl (C=O) groups is 3. The van der Waals surface area contributed by atoms with Crippen molar-refractivity contribution in [2.75, 3.05) is 17.2 Å². The van der Waals surface area contributed by atoms with Gasteiger partial charge in [-0.15, -0.1) is 0 Å². The van der Waals surface area contributed by atoms with Gasteiger partial charge in [-0.25, -0.2) is 24.5 Å². The average Bonchev–Trinajstić information content (AvgIpc) is 3.72. The lowest BCUT2D eigenvalue weighted by atomic mass is 10.1. The van der Waals surface area contributed by atoms with Crippen LogP contribution in [-0.2, 0) is 19.0 Å². The summed E-state index contributed by atoms with van der Waals surface area (Å²) in [5.41, 5.74) is 1.25. The molecule has 15 heteroatoms. The van der Waals surface area contributed by atoms with Crippen molar-refractivity contribution in [2.45, 2.75) is 37.8 Å². The van der Waals surface area contributed by atoms with Crippen molar-refractivity contribution in [1.82, 2.24) is 24.8 Å². The first-order chi connectivity index (χ1) is 21.3. The third-order valence-electron chi connectivity index (χ3n) is 6.97. The molecule has 4 aromatic rings. The number of halogens is 1. The number of para-hydroxylation sites is 1. The molecule has 2 aliphatic rings. The minimum atomic E-state index is -1.26. The Bertz CT molecular complexity index is 1750. The van der Waals surface area contributed by atoms with Crippen LogP contribution in [0.3, 0.4) is 0 Å². The van der Waals surface area contributed by atoms with Crippen molar-refractivity contribution >= 4 is 58.3 Å². The van der Waals surface area contributed by atoms with Gasteiger partial charge in [0.15, 0.2) is 35.6 Å². The number of imidazole rings is 1. The van der Waals surface area contributed by atoms with E-state index in [9.17, 15) is 19.5 Å². The highest BCUT2D eigenvalue weighted by Gasteiger charge is 2.56. The van der Waals surface area contributed by atoms with Crippen LogP contribution in [0.4, 0.5) is 16.3 Å². The molecule has 0 saturated carbocycles. The van der Waals surface area contributed by atoms with Crippen LogP contribution >= 0.6 is 11.6 Å². The number of amides is 3. The summed E-state index contributed by atoms with van der Waals surface area (Å²) in [6, 6.07) is 13.3. The van der Waals surface area contributed by atoms with Crippen LogP contribution in [0.15, 0.2) is 67.3 Å². The number of anilines is 2. The van der Waals surface area contributed by atoms with E-state index in [-0.39, 0.29) is 27.6 Å². The van der Waals surface area contributed by atoms with E-state index in [2.05, 4.69) is 30.9 Å². The number of nitrogens with zero attached hydrogens (tertiary/aromatic N) is 4. The van der Waals surface area contributed by atoms with Gasteiger partial charge in [0.1, 0.15) is 18.5 Å². The number of nitrogens with one attached hydrogen (secondary N) is 3. The zero-order chi connectivity index (χ0) is 30.8. The van der Waals surface area contributed by atoms with E-state index in [4.69, 9.17) is 25.8 Å². The Balaban J connectivity index is 1.32. The fourth-order valence-corrected chi connectivity index (χ4v) is 5.24. The molecule has 3 amide bonds. The molecule has 0 radical (unpaired) electrons. The van der Waals surface area contributed by atoms with Gasteiger partial charge < -0.3 is 30.0 Å². The second-order valence-corrected chi connectivity index (χ2v) is 10.2. The third kappa shape index (κ3) is 5.70. The number of aromatic carboxylic acids is 1. The van der Waals surface area contributed by atoms with Gasteiger partial charge in [0.2, 0.25) is 0 Å². The van der Waals surface area contributed by atoms with Gasteiger partial charge in [-0.3, -0.25) is 14.7 Å². The van der Waals surface area contributed by atoms with E-state index >= 15 is 0 Å². The van der Waals surface area contributed by atoms with Gasteiger partial charge >= 0.3 is 12.0 Å². The topological polar surface area (TPSA) is 179 Å². The summed E-state index contributed by atoms with van der Waals surface area (Å²) in [4.78, 5) is 50.5. The lowest BCUT2D eigenvalue weighted by molar-refractivity contribution is -0.148. The van der Waals surface area contributed by atoms with Crippen LogP contribution in [0.1, 0.15) is 29.1 Å². The number of rotatable bonds is 8. The normalized spacial score (nSPS) is 22.6. The Morgan fingerprint density at radius 3 is 2.57 bits per heavy atom. The highest BCUT2D eigenvalue weighted by molar-refractivity contribution is 6.34. The number of hydrogen-bond donors (Lipinski definition) is 4. The van der Waals surface area contributed by atoms with Crippen molar-refractivity contribution < 1.29 is 33.7 Å². The molecule has 0 bridgehead atoms. The Labute approximate surface area is 255 Å². The van der Waals surface area contributed by atoms with Crippen molar-refractivity contribution in [2.24, 2.45) is 0 Å². The van der Waals surface area contributed by atoms with Crippen molar-refractivity contribution in [3.63, 3.8) is 0 Å². The Morgan fingerprint density at radius 1 is 1.00 bits per heavy atom. The first-order valence-electron chi connectivity index (χ1n) is 13.6. The van der Waals surface area contributed by atoms with E-state index in [1.165, 1.54) is 30.9 Å². The molecule has 4 N–H and O–H groups in total. The average molecular weight is 620 g/mol. The smallest absolute Gasteiger partial charge is 0.337 e. The van der Waals surface area contributed by atoms with Crippen molar-refractivity contribution in [3.8, 4) is 0 Å². The number of carboxylic acids is 1. The van der Waals surface area contributed by atoms with Gasteiger partial charge in [0.25, 0.3) is 5.91 Å². The number of benzene rings is 2. The van der Waals surface area contributed by atoms with E-state index < -0.39 is 48.7 Å². The molecule has 226 valence electrons. The standard InChI is InChI=1S/C29H26ClN7O7/c1-2-31-29(41)36-24-20-25(33-13-32-24)37(14-34-20)27-23-21(42-18(43-23)12-11-15-7-4-3-5-8-15)22(44-27)26(38)35-19-16(28(39)40)9-6-10-17(19)30/h3-14,18,21-23,27H,2H2,1H3,(H,35,38)(H,39,40)(H2,31,32,33,36,41)/t18-,21?,22?,23?,27?/m0/s1. The summed E-state index contributed by atoms with van der Waals surface area (Å²) in [7, 11) is 0. The number of fused-ring (bicyclic) bond motifs is 2. The second kappa shape index (κ2) is 12.4. The van der Waals surface area contributed by atoms with Crippen LogP contribution in [0.5, 0.6) is 0 Å². The molecule has 2 saturated heterocycles. The van der Waals surface area contributed by atoms with E-state index in [1.54, 1.807) is 17.6 Å². The quantitative estimate of drug-likeness (QED) is 0.227. The minimum absolute atomic E-state index is 0.0426. The first kappa shape index (κ1) is 29.2. The number of aromatic nitrogens is 4. The highest BCUT2D eigenvalue weighted by Crippen LogP contribution is 2.42. The molecule has 2 aliphatic heterocycles. The van der Waals surface area contributed by atoms with Gasteiger partial charge in [0, 0.05) is 6.54 Å². The predicted octanol–water partition coefficient (Wildman–Crippen LogP) is 3.68. The van der Waals surface area contributed by atoms with Gasteiger partial charge in [-0.1, -0.05) is 54.1 Å². The zero-order valence-electron chi connectivity index (χ0n) is 23.1. The van der Waals surface area contributed by atoms with Crippen LogP contribution < -0.4 is 16.0 Å². The summed E-state index contributed by atoms with van der Waals surface area (Å²) >= 11 is 6.26. The van der Waals surface area contributed by atoms with E-state index in [0.717, 1.165) is 5.56 Å². The zero-order valence-corrected chi connectivity index (χ0v) is 23.8. The summed E-state index contributed by atoms with van der Waals surface area (Å²) in [6.07, 6.45) is 1.51. The Kier molecular flexibility index (Phi) is 8.21. The number of carbonyl (C=O) groups excluding carboxylic acids is 2. The molecule has 2 fully saturated rings. The van der Waals surface area contributed by atoms with E-state index in [1.807, 2.05) is 36.4 Å². The molecule has 44 heavy (non-hydrogen) atoms. The van der Waals surface area contributed by atoms with E-state index in [0.29, 0.717) is 12.2 Å². The molecule has 14 nitrogen and oxygen atoms in total. The highest BCUT2D eigenvalue weighted by atomic mass is 35.5. The molecule has 0 spiro atoms. The summed E-state index contributed by atoms with van der Waals surface area (Å²) < 4.78 is 20.2. The SMILES string of the molecule is CCNC(=O)Nc1ncnc2c1ncn2C1OC(C(=O)Nc2c(Cl)cccc2C(=O)O)C2O[C@H](C=Cc3ccccc3)OC21. The monoisotopic (exact) mass is 619 g/mol. The van der Waals surface area contributed by atoms with Crippen LogP contribution in [0.2, 0.25) is 5.02 Å². The number of hydrogen-bond acceptors (Lipinski definition) is 9. The summed E-state index contributed by atoms with van der Waals surface area (Å²) in [5, 5.41) is 17.5. The lowest BCUT2D eigenvalue weighted by Gasteiger charge is -2.20. The van der Waals surface area contributed by atoms with Crippen LogP contribution in [0, 0.1) is 0 Å². The minimum Gasteiger partial charge on any atom is -0.478 e. The van der Waals surface area contributed by atoms with Gasteiger partial charge in [0.05, 0.1) is 22.6 Å². The molecular weight excluding hydrogens is 594 g/mol. The first-order valence-corrected chi connectivity index (χ1v) is 14.0. The molecule has 4 heterocycles. The fourth-order valence-electron chi connectivity index (χ4n) is 5.02. The fraction of sp³-hybridized carbons (Fsp3) is 0.241. The molecule has 0 aliphatic carbocycles. The molecule has 6 rings (SSSR count). The third-order valence-corrected chi connectivity index (χ3v) is 7.28. The second-order valence-electron chi connectivity index (χ2n) is 9.77. The van der Waals surface area contributed by atoms with Crippen molar-refractivity contribution in [1.29, 1.82) is 0 Å². The maximum atomic E-state index is 13.6. The molecular formula is C29H26ClN7O7. The van der Waals surface area contributed by atoms with Gasteiger partial charge in [-0.2, -0.15) is 0 Å². The number of carboxylic acid groups (broad SMARTS) is 1. The van der Waals surface area contributed by atoms with Gasteiger partial charge in [-0.05, 0) is 30.7 Å².